The van der Waals surface area contributed by atoms with Gasteiger partial charge in [-0.25, -0.2) is 4.68 Å². The van der Waals surface area contributed by atoms with Gasteiger partial charge < -0.3 is 19.5 Å². The quantitative estimate of drug-likeness (QED) is 0.110. The molecule has 5 rings (SSSR count). The van der Waals surface area contributed by atoms with Gasteiger partial charge in [0.1, 0.15) is 22.9 Å². The van der Waals surface area contributed by atoms with Crippen molar-refractivity contribution >= 4 is 34.8 Å². The molecule has 0 saturated carbocycles. The molecule has 0 bridgehead atoms. The second-order valence-electron chi connectivity index (χ2n) is 15.0. The largest absolute Gasteiger partial charge is 0.494 e. The van der Waals surface area contributed by atoms with Crippen molar-refractivity contribution in [3.05, 3.63) is 116 Å². The van der Waals surface area contributed by atoms with E-state index < -0.39 is 29.3 Å². The monoisotopic (exact) mass is 825 g/mol. The molecule has 1 atom stereocenters. The minimum Gasteiger partial charge on any atom is -0.494 e. The van der Waals surface area contributed by atoms with Gasteiger partial charge in [0.15, 0.2) is 6.10 Å². The first kappa shape index (κ1) is 43.3. The van der Waals surface area contributed by atoms with E-state index >= 15 is 0 Å². The van der Waals surface area contributed by atoms with Gasteiger partial charge >= 0.3 is 11.7 Å². The van der Waals surface area contributed by atoms with E-state index in [4.69, 9.17) is 37.4 Å². The van der Waals surface area contributed by atoms with Crippen LogP contribution in [0, 0.1) is 0 Å². The lowest BCUT2D eigenvalue weighted by Gasteiger charge is -2.31. The summed E-state index contributed by atoms with van der Waals surface area (Å²) in [7, 11) is 0. The van der Waals surface area contributed by atoms with Crippen molar-refractivity contribution in [1.29, 1.82) is 0 Å². The molecule has 8 nitrogen and oxygen atoms in total. The maximum Gasteiger partial charge on any atom is 0.416 e. The van der Waals surface area contributed by atoms with E-state index in [-0.39, 0.29) is 62.3 Å². The van der Waals surface area contributed by atoms with Crippen LogP contribution in [-0.2, 0) is 21.8 Å². The number of aromatic nitrogens is 2. The number of nitrogens with zero attached hydrogens (tertiary/aromatic N) is 1. The standard InChI is InChI=1S/C44H48Cl2F3N3O5/c1-9-35(56-36-19-17-27(42(5,6)10-2)24-31(36)43(7,8)11-3)40(53)50-33-15-13-14-16-34(33)52-41(54)39(57-37-20-18-29(45)25-32(37)46)38(51-52)26-21-28(44(47,48)49)23-30(22-26)55-12-4/h13-25,35,51H,9-12H2,1-8H3,(H,50,53). The smallest absolute Gasteiger partial charge is 0.416 e. The molecule has 1 aromatic heterocycles. The number of H-pyrrole nitrogens is 1. The lowest BCUT2D eigenvalue weighted by molar-refractivity contribution is -0.137. The number of hydrogen-bond acceptors (Lipinski definition) is 5. The van der Waals surface area contributed by atoms with Gasteiger partial charge in [0.2, 0.25) is 5.75 Å². The number of anilines is 1. The number of carbonyl (C=O) groups excluding carboxylic acids is 1. The van der Waals surface area contributed by atoms with Gasteiger partial charge in [-0.1, -0.05) is 95.9 Å². The molecular weight excluding hydrogens is 778 g/mol. The number of aromatic amines is 1. The zero-order chi connectivity index (χ0) is 41.9. The molecule has 0 fully saturated rings. The molecule has 2 N–H and O–H groups in total. The van der Waals surface area contributed by atoms with E-state index in [0.29, 0.717) is 17.2 Å². The summed E-state index contributed by atoms with van der Waals surface area (Å²) < 4.78 is 61.5. The molecule has 0 spiro atoms. The number of alkyl halides is 3. The Balaban J connectivity index is 1.58. The number of hydrogen-bond donors (Lipinski definition) is 2. The topological polar surface area (TPSA) is 94.6 Å². The number of halogens is 5. The van der Waals surface area contributed by atoms with Crippen LogP contribution in [-0.4, -0.2) is 28.4 Å². The number of rotatable bonds is 15. The van der Waals surface area contributed by atoms with Crippen molar-refractivity contribution in [2.24, 2.45) is 0 Å². The Kier molecular flexibility index (Phi) is 13.1. The number of carbonyl (C=O) groups is 1. The lowest BCUT2D eigenvalue weighted by Crippen LogP contribution is -2.34. The molecule has 13 heteroatoms. The van der Waals surface area contributed by atoms with E-state index in [1.165, 1.54) is 29.8 Å². The Bertz CT molecular complexity index is 2300. The van der Waals surface area contributed by atoms with Gasteiger partial charge in [-0.3, -0.25) is 14.7 Å². The normalized spacial score (nSPS) is 12.6. The van der Waals surface area contributed by atoms with Crippen LogP contribution in [0.1, 0.15) is 91.3 Å². The Labute approximate surface area is 341 Å². The number of nitrogens with one attached hydrogen (secondary N) is 2. The first-order valence-electron chi connectivity index (χ1n) is 18.9. The molecule has 304 valence electrons. The summed E-state index contributed by atoms with van der Waals surface area (Å²) in [5, 5.41) is 6.23. The summed E-state index contributed by atoms with van der Waals surface area (Å²) in [6.07, 6.45) is -3.54. The highest BCUT2D eigenvalue weighted by atomic mass is 35.5. The van der Waals surface area contributed by atoms with Crippen molar-refractivity contribution in [2.75, 3.05) is 11.9 Å². The maximum absolute atomic E-state index is 14.3. The predicted octanol–water partition coefficient (Wildman–Crippen LogP) is 12.5. The summed E-state index contributed by atoms with van der Waals surface area (Å²) >= 11 is 12.5. The summed E-state index contributed by atoms with van der Waals surface area (Å²) in [5.41, 5.74) is 0.341. The molecule has 0 radical (unpaired) electrons. The van der Waals surface area contributed by atoms with Crippen molar-refractivity contribution in [3.63, 3.8) is 0 Å². The fourth-order valence-electron chi connectivity index (χ4n) is 6.15. The highest BCUT2D eigenvalue weighted by molar-refractivity contribution is 6.35. The third-order valence-electron chi connectivity index (χ3n) is 10.4. The highest BCUT2D eigenvalue weighted by Gasteiger charge is 2.33. The van der Waals surface area contributed by atoms with E-state index in [2.05, 4.69) is 58.0 Å². The second-order valence-corrected chi connectivity index (χ2v) is 15.9. The molecule has 0 aliphatic heterocycles. The number of ether oxygens (including phenoxy) is 3. The van der Waals surface area contributed by atoms with Crippen molar-refractivity contribution in [2.45, 2.75) is 97.8 Å². The third-order valence-corrected chi connectivity index (χ3v) is 10.9. The average Bonchev–Trinajstić information content (AvgIpc) is 3.49. The summed E-state index contributed by atoms with van der Waals surface area (Å²) in [6.45, 7) is 16.5. The molecule has 1 heterocycles. The zero-order valence-corrected chi connectivity index (χ0v) is 34.8. The van der Waals surface area contributed by atoms with Crippen LogP contribution in [0.25, 0.3) is 16.9 Å². The summed E-state index contributed by atoms with van der Waals surface area (Å²) in [5.74, 6) is -0.264. The molecule has 1 amide bonds. The fraction of sp³-hybridized carbons (Fsp3) is 0.364. The van der Waals surface area contributed by atoms with Crippen molar-refractivity contribution in [3.8, 4) is 39.9 Å². The minimum atomic E-state index is -4.73. The molecule has 57 heavy (non-hydrogen) atoms. The molecule has 0 aliphatic carbocycles. The molecule has 4 aromatic carbocycles. The van der Waals surface area contributed by atoms with Crippen LogP contribution in [0.4, 0.5) is 18.9 Å². The van der Waals surface area contributed by atoms with Crippen LogP contribution in [0.15, 0.2) is 83.7 Å². The van der Waals surface area contributed by atoms with Gasteiger partial charge in [-0.2, -0.15) is 13.2 Å². The fourth-order valence-corrected chi connectivity index (χ4v) is 6.59. The van der Waals surface area contributed by atoms with Gasteiger partial charge in [0.25, 0.3) is 5.91 Å². The van der Waals surface area contributed by atoms with Crippen molar-refractivity contribution in [1.82, 2.24) is 9.78 Å². The first-order valence-corrected chi connectivity index (χ1v) is 19.6. The Morgan fingerprint density at radius 3 is 2.16 bits per heavy atom. The van der Waals surface area contributed by atoms with Crippen LogP contribution in [0.3, 0.4) is 0 Å². The van der Waals surface area contributed by atoms with Gasteiger partial charge in [-0.05, 0) is 97.2 Å². The minimum absolute atomic E-state index is 0.0315. The SMILES string of the molecule is CCOc1cc(-c2[nH]n(-c3ccccc3NC(=O)C(CC)Oc3ccc(C(C)(C)CC)cc3C(C)(C)CC)c(=O)c2Oc2ccc(Cl)cc2Cl)cc(C(F)(F)F)c1. The Hall–Kier alpha value is -4.87. The van der Waals surface area contributed by atoms with Gasteiger partial charge in [0, 0.05) is 16.1 Å². The Morgan fingerprint density at radius 1 is 0.842 bits per heavy atom. The second kappa shape index (κ2) is 17.3. The molecule has 0 saturated heterocycles. The van der Waals surface area contributed by atoms with E-state index in [9.17, 15) is 22.8 Å². The lowest BCUT2D eigenvalue weighted by atomic mass is 9.76. The third kappa shape index (κ3) is 9.64. The summed E-state index contributed by atoms with van der Waals surface area (Å²) in [4.78, 5) is 28.4. The van der Waals surface area contributed by atoms with Crippen LogP contribution in [0.5, 0.6) is 23.0 Å². The van der Waals surface area contributed by atoms with Crippen molar-refractivity contribution < 1.29 is 32.2 Å². The molecule has 0 aliphatic rings. The van der Waals surface area contributed by atoms with Gasteiger partial charge in [-0.15, -0.1) is 0 Å². The molecular formula is C44H48Cl2F3N3O5. The van der Waals surface area contributed by atoms with E-state index in [1.807, 2.05) is 19.1 Å². The van der Waals surface area contributed by atoms with Crippen LogP contribution >= 0.6 is 23.2 Å². The molecule has 1 unspecified atom stereocenters. The van der Waals surface area contributed by atoms with Crippen LogP contribution in [0.2, 0.25) is 10.0 Å². The number of amides is 1. The van der Waals surface area contributed by atoms with Crippen LogP contribution < -0.4 is 25.1 Å². The average molecular weight is 827 g/mol. The zero-order valence-electron chi connectivity index (χ0n) is 33.3. The van der Waals surface area contributed by atoms with Gasteiger partial charge in [0.05, 0.1) is 28.6 Å². The maximum atomic E-state index is 14.3. The number of benzene rings is 4. The Morgan fingerprint density at radius 2 is 1.53 bits per heavy atom. The van der Waals surface area contributed by atoms with E-state index in [0.717, 1.165) is 35.2 Å². The molecule has 5 aromatic rings. The summed E-state index contributed by atoms with van der Waals surface area (Å²) in [6, 6.07) is 20.1. The predicted molar refractivity (Wildman–Crippen MR) is 221 cm³/mol. The van der Waals surface area contributed by atoms with E-state index in [1.54, 1.807) is 31.2 Å². The number of para-hydroxylation sites is 2. The highest BCUT2D eigenvalue weighted by Crippen LogP contribution is 2.41. The first-order chi connectivity index (χ1) is 26.8.